The van der Waals surface area contributed by atoms with Gasteiger partial charge in [-0.2, -0.15) is 0 Å². The van der Waals surface area contributed by atoms with Crippen LogP contribution in [0.5, 0.6) is 5.75 Å². The van der Waals surface area contributed by atoms with Gasteiger partial charge in [0.1, 0.15) is 18.2 Å². The van der Waals surface area contributed by atoms with Gasteiger partial charge in [-0.25, -0.2) is 14.2 Å². The number of nitrogens with zero attached hydrogens (tertiary/aromatic N) is 2. The van der Waals surface area contributed by atoms with Crippen LogP contribution in [-0.4, -0.2) is 33.6 Å². The Morgan fingerprint density at radius 1 is 1.17 bits per heavy atom. The van der Waals surface area contributed by atoms with Gasteiger partial charge in [0, 0.05) is 6.54 Å². The average molecular weight is 511 g/mol. The first-order chi connectivity index (χ1) is 16.8. The van der Waals surface area contributed by atoms with E-state index >= 15 is 0 Å². The van der Waals surface area contributed by atoms with Crippen LogP contribution in [0.25, 0.3) is 6.08 Å². The number of aliphatic imine (C=N–C) groups is 1. The molecule has 0 bridgehead atoms. The molecule has 1 amide bonds. The van der Waals surface area contributed by atoms with Crippen molar-refractivity contribution in [3.05, 3.63) is 99.2 Å². The van der Waals surface area contributed by atoms with Gasteiger partial charge in [-0.15, -0.1) is 0 Å². The number of likely N-dealkylation sites (N-methyl/N-ethyl adjacent to an activating group) is 1. The summed E-state index contributed by atoms with van der Waals surface area (Å²) < 4.78 is 18.8. The molecule has 0 atom stereocenters. The molecule has 35 heavy (non-hydrogen) atoms. The number of carbonyl (C=O) groups is 2. The van der Waals surface area contributed by atoms with E-state index in [2.05, 4.69) is 4.99 Å². The second kappa shape index (κ2) is 10.8. The normalized spacial score (nSPS) is 15.7. The third-order valence-electron chi connectivity index (χ3n) is 5.08. The lowest BCUT2D eigenvalue weighted by Crippen LogP contribution is -2.28. The van der Waals surface area contributed by atoms with Crippen LogP contribution < -0.4 is 4.74 Å². The summed E-state index contributed by atoms with van der Waals surface area (Å²) in [5.74, 6) is -1.08. The summed E-state index contributed by atoms with van der Waals surface area (Å²) in [6.45, 7) is 2.50. The van der Waals surface area contributed by atoms with Crippen LogP contribution >= 0.6 is 23.4 Å². The molecule has 4 rings (SSSR count). The van der Waals surface area contributed by atoms with E-state index in [1.54, 1.807) is 48.5 Å². The van der Waals surface area contributed by atoms with E-state index in [0.29, 0.717) is 38.6 Å². The van der Waals surface area contributed by atoms with Gasteiger partial charge in [0.15, 0.2) is 5.17 Å². The molecule has 9 heteroatoms. The zero-order valence-electron chi connectivity index (χ0n) is 18.6. The summed E-state index contributed by atoms with van der Waals surface area (Å²) in [6, 6.07) is 17.5. The highest BCUT2D eigenvalue weighted by molar-refractivity contribution is 8.18. The van der Waals surface area contributed by atoms with Crippen molar-refractivity contribution in [3.8, 4) is 5.75 Å². The fourth-order valence-electron chi connectivity index (χ4n) is 3.31. The minimum absolute atomic E-state index is 0.122. The number of benzene rings is 3. The van der Waals surface area contributed by atoms with Crippen molar-refractivity contribution in [1.82, 2.24) is 4.90 Å². The molecular weight excluding hydrogens is 491 g/mol. The van der Waals surface area contributed by atoms with Crippen LogP contribution in [0.3, 0.4) is 0 Å². The van der Waals surface area contributed by atoms with Gasteiger partial charge in [0.25, 0.3) is 5.91 Å². The van der Waals surface area contributed by atoms with Crippen LogP contribution in [-0.2, 0) is 11.4 Å². The fourth-order valence-corrected chi connectivity index (χ4v) is 4.61. The zero-order valence-corrected chi connectivity index (χ0v) is 20.1. The van der Waals surface area contributed by atoms with Crippen molar-refractivity contribution in [2.75, 3.05) is 6.54 Å². The van der Waals surface area contributed by atoms with Gasteiger partial charge >= 0.3 is 5.97 Å². The molecule has 0 radical (unpaired) electrons. The van der Waals surface area contributed by atoms with Gasteiger partial charge in [0.2, 0.25) is 0 Å². The molecule has 1 aliphatic heterocycles. The Bertz CT molecular complexity index is 1340. The molecule has 3 aromatic rings. The third-order valence-corrected chi connectivity index (χ3v) is 6.39. The average Bonchev–Trinajstić information content (AvgIpc) is 3.13. The number of amides is 1. The lowest BCUT2D eigenvalue weighted by Gasteiger charge is -2.12. The second-order valence-electron chi connectivity index (χ2n) is 7.51. The molecule has 0 spiro atoms. The Labute approximate surface area is 210 Å². The van der Waals surface area contributed by atoms with E-state index < -0.39 is 5.97 Å². The van der Waals surface area contributed by atoms with E-state index in [1.807, 2.05) is 6.92 Å². The van der Waals surface area contributed by atoms with Crippen LogP contribution in [0.15, 0.2) is 76.6 Å². The van der Waals surface area contributed by atoms with Crippen molar-refractivity contribution < 1.29 is 23.8 Å². The number of hydrogen-bond donors (Lipinski definition) is 1. The maximum absolute atomic E-state index is 13.1. The van der Waals surface area contributed by atoms with Gasteiger partial charge in [0.05, 0.1) is 21.2 Å². The topological polar surface area (TPSA) is 79.2 Å². The Kier molecular flexibility index (Phi) is 7.53. The van der Waals surface area contributed by atoms with Gasteiger partial charge in [-0.05, 0) is 78.4 Å². The highest BCUT2D eigenvalue weighted by Crippen LogP contribution is 2.35. The summed E-state index contributed by atoms with van der Waals surface area (Å²) in [5, 5.41) is 10.0. The highest BCUT2D eigenvalue weighted by Gasteiger charge is 2.32. The number of amidine groups is 1. The maximum Gasteiger partial charge on any atom is 0.335 e. The molecule has 3 aromatic carbocycles. The van der Waals surface area contributed by atoms with E-state index in [4.69, 9.17) is 16.3 Å². The number of rotatable bonds is 7. The minimum Gasteiger partial charge on any atom is -0.487 e. The predicted molar refractivity (Wildman–Crippen MR) is 136 cm³/mol. The smallest absolute Gasteiger partial charge is 0.335 e. The predicted octanol–water partition coefficient (Wildman–Crippen LogP) is 6.38. The first-order valence-corrected chi connectivity index (χ1v) is 11.8. The minimum atomic E-state index is -1.04. The molecule has 1 aliphatic rings. The molecule has 0 saturated carbocycles. The molecule has 1 saturated heterocycles. The molecule has 1 fully saturated rings. The van der Waals surface area contributed by atoms with Gasteiger partial charge in [-0.1, -0.05) is 35.9 Å². The van der Waals surface area contributed by atoms with Crippen LogP contribution in [0, 0.1) is 5.82 Å². The van der Waals surface area contributed by atoms with Crippen molar-refractivity contribution in [2.24, 2.45) is 4.99 Å². The maximum atomic E-state index is 13.1. The van der Waals surface area contributed by atoms with Gasteiger partial charge < -0.3 is 9.84 Å². The quantitative estimate of drug-likeness (QED) is 0.373. The second-order valence-corrected chi connectivity index (χ2v) is 8.93. The number of thioether (sulfide) groups is 1. The van der Waals surface area contributed by atoms with Crippen LogP contribution in [0.1, 0.15) is 28.4 Å². The Hall–Kier alpha value is -3.62. The summed E-state index contributed by atoms with van der Waals surface area (Å²) in [5.41, 5.74) is 2.09. The molecular formula is C26H20ClFN2O4S. The summed E-state index contributed by atoms with van der Waals surface area (Å²) in [4.78, 5) is 30.7. The van der Waals surface area contributed by atoms with Crippen molar-refractivity contribution in [2.45, 2.75) is 13.5 Å². The van der Waals surface area contributed by atoms with E-state index in [9.17, 15) is 19.1 Å². The molecule has 1 heterocycles. The Morgan fingerprint density at radius 3 is 2.63 bits per heavy atom. The summed E-state index contributed by atoms with van der Waals surface area (Å²) in [7, 11) is 0. The van der Waals surface area contributed by atoms with E-state index in [1.165, 1.54) is 40.9 Å². The lowest BCUT2D eigenvalue weighted by atomic mass is 10.2. The molecule has 178 valence electrons. The van der Waals surface area contributed by atoms with Crippen molar-refractivity contribution in [3.63, 3.8) is 0 Å². The number of ether oxygens (including phenoxy) is 1. The summed E-state index contributed by atoms with van der Waals surface area (Å²) >= 11 is 7.60. The summed E-state index contributed by atoms with van der Waals surface area (Å²) in [6.07, 6.45) is 1.72. The lowest BCUT2D eigenvalue weighted by molar-refractivity contribution is -0.122. The number of halogens is 2. The number of hydrogen-bond acceptors (Lipinski definition) is 5. The first kappa shape index (κ1) is 24.5. The van der Waals surface area contributed by atoms with E-state index in [0.717, 1.165) is 5.56 Å². The van der Waals surface area contributed by atoms with Crippen molar-refractivity contribution in [1.29, 1.82) is 0 Å². The zero-order chi connectivity index (χ0) is 24.9. The molecule has 0 unspecified atom stereocenters. The monoisotopic (exact) mass is 510 g/mol. The number of carboxylic acids is 1. The number of aromatic carboxylic acids is 1. The largest absolute Gasteiger partial charge is 0.487 e. The van der Waals surface area contributed by atoms with Crippen LogP contribution in [0.4, 0.5) is 10.1 Å². The highest BCUT2D eigenvalue weighted by atomic mass is 35.5. The van der Waals surface area contributed by atoms with Gasteiger partial charge in [-0.3, -0.25) is 9.69 Å². The SMILES string of the molecule is CCN1C(=O)C(=Cc2ccc(OCc3ccc(F)cc3)c(Cl)c2)SC1=Nc1cccc(C(=O)O)c1. The van der Waals surface area contributed by atoms with Crippen LogP contribution in [0.2, 0.25) is 5.02 Å². The standard InChI is InChI=1S/C26H20ClFN2O4S/c1-2-30-24(31)23(35-26(30)29-20-5-3-4-18(14-20)25(32)33)13-17-8-11-22(21(27)12-17)34-15-16-6-9-19(28)10-7-16/h3-14H,2,15H2,1H3,(H,32,33). The molecule has 0 aromatic heterocycles. The Morgan fingerprint density at radius 2 is 1.94 bits per heavy atom. The fraction of sp³-hybridized carbons (Fsp3) is 0.115. The number of carbonyl (C=O) groups excluding carboxylic acids is 1. The number of carboxylic acid groups (broad SMARTS) is 1. The van der Waals surface area contributed by atoms with Crippen molar-refractivity contribution >= 4 is 52.2 Å². The third kappa shape index (κ3) is 5.90. The molecule has 6 nitrogen and oxygen atoms in total. The van der Waals surface area contributed by atoms with E-state index in [-0.39, 0.29) is 23.9 Å². The molecule has 0 aliphatic carbocycles. The Balaban J connectivity index is 1.52. The first-order valence-electron chi connectivity index (χ1n) is 10.6. The molecule has 1 N–H and O–H groups in total.